The molecule has 0 fully saturated rings. The van der Waals surface area contributed by atoms with Gasteiger partial charge in [0.15, 0.2) is 0 Å². The van der Waals surface area contributed by atoms with Crippen molar-refractivity contribution in [2.45, 2.75) is 19.9 Å². The topological polar surface area (TPSA) is 15.6 Å². The molecule has 0 saturated carbocycles. The standard InChI is InChI=1S/C9H11FN2S/c1-5-7-4-13-9(10)8(7)11-6(2)12(5)3/h4-5H,1-3H3/t5-/m0/s1. The first-order chi connectivity index (χ1) is 6.11. The second-order valence-electron chi connectivity index (χ2n) is 3.26. The molecule has 1 aliphatic rings. The predicted octanol–water partition coefficient (Wildman–Crippen LogP) is 2.94. The Labute approximate surface area is 80.7 Å². The zero-order valence-corrected chi connectivity index (χ0v) is 8.65. The average molecular weight is 198 g/mol. The molecule has 0 bridgehead atoms. The van der Waals surface area contributed by atoms with Crippen molar-refractivity contribution in [3.05, 3.63) is 16.1 Å². The Morgan fingerprint density at radius 1 is 1.62 bits per heavy atom. The van der Waals surface area contributed by atoms with E-state index in [1.807, 2.05) is 19.4 Å². The summed E-state index contributed by atoms with van der Waals surface area (Å²) in [6.45, 7) is 3.96. The fourth-order valence-corrected chi connectivity index (χ4v) is 2.29. The van der Waals surface area contributed by atoms with E-state index < -0.39 is 0 Å². The van der Waals surface area contributed by atoms with Gasteiger partial charge in [0, 0.05) is 18.0 Å². The molecular weight excluding hydrogens is 187 g/mol. The van der Waals surface area contributed by atoms with Gasteiger partial charge in [-0.25, -0.2) is 4.99 Å². The molecule has 0 N–H and O–H groups in total. The zero-order chi connectivity index (χ0) is 9.59. The molecule has 1 aromatic heterocycles. The van der Waals surface area contributed by atoms with Crippen LogP contribution in [0.5, 0.6) is 0 Å². The van der Waals surface area contributed by atoms with Gasteiger partial charge < -0.3 is 4.90 Å². The molecule has 4 heteroatoms. The first-order valence-electron chi connectivity index (χ1n) is 4.16. The number of amidine groups is 1. The Bertz CT molecular complexity index is 370. The second kappa shape index (κ2) is 2.80. The second-order valence-corrected chi connectivity index (χ2v) is 4.09. The summed E-state index contributed by atoms with van der Waals surface area (Å²) in [6.07, 6.45) is 0. The maximum Gasteiger partial charge on any atom is 0.202 e. The number of aliphatic imine (C=N–C) groups is 1. The van der Waals surface area contributed by atoms with Crippen molar-refractivity contribution in [1.82, 2.24) is 4.90 Å². The summed E-state index contributed by atoms with van der Waals surface area (Å²) in [6, 6.07) is 0.230. The van der Waals surface area contributed by atoms with E-state index in [9.17, 15) is 4.39 Å². The van der Waals surface area contributed by atoms with Crippen LogP contribution in [0.25, 0.3) is 0 Å². The summed E-state index contributed by atoms with van der Waals surface area (Å²) in [5.74, 6) is 0.873. The van der Waals surface area contributed by atoms with Crippen molar-refractivity contribution in [1.29, 1.82) is 0 Å². The van der Waals surface area contributed by atoms with Gasteiger partial charge >= 0.3 is 0 Å². The predicted molar refractivity (Wildman–Crippen MR) is 53.2 cm³/mol. The van der Waals surface area contributed by atoms with Crippen molar-refractivity contribution in [2.75, 3.05) is 7.05 Å². The molecule has 2 nitrogen and oxygen atoms in total. The van der Waals surface area contributed by atoms with Crippen LogP contribution in [0, 0.1) is 5.13 Å². The van der Waals surface area contributed by atoms with Crippen molar-refractivity contribution in [2.24, 2.45) is 4.99 Å². The molecule has 1 aromatic rings. The molecule has 0 saturated heterocycles. The smallest absolute Gasteiger partial charge is 0.202 e. The molecule has 13 heavy (non-hydrogen) atoms. The van der Waals surface area contributed by atoms with Gasteiger partial charge in [0.25, 0.3) is 0 Å². The minimum Gasteiger partial charge on any atom is -0.356 e. The largest absolute Gasteiger partial charge is 0.356 e. The molecule has 0 spiro atoms. The number of rotatable bonds is 0. The highest BCUT2D eigenvalue weighted by Gasteiger charge is 2.24. The summed E-state index contributed by atoms with van der Waals surface area (Å²) in [5.41, 5.74) is 1.53. The first kappa shape index (κ1) is 8.69. The summed E-state index contributed by atoms with van der Waals surface area (Å²) < 4.78 is 13.2. The summed E-state index contributed by atoms with van der Waals surface area (Å²) in [4.78, 5) is 6.26. The summed E-state index contributed by atoms with van der Waals surface area (Å²) >= 11 is 1.13. The number of nitrogens with zero attached hydrogens (tertiary/aromatic N) is 2. The van der Waals surface area contributed by atoms with E-state index in [1.165, 1.54) is 0 Å². The molecule has 0 unspecified atom stereocenters. The molecule has 1 atom stereocenters. The van der Waals surface area contributed by atoms with Gasteiger partial charge in [-0.1, -0.05) is 0 Å². The molecule has 2 rings (SSSR count). The van der Waals surface area contributed by atoms with Crippen LogP contribution in [-0.2, 0) is 0 Å². The van der Waals surface area contributed by atoms with Gasteiger partial charge in [0.05, 0.1) is 6.04 Å². The average Bonchev–Trinajstić information content (AvgIpc) is 2.45. The highest BCUT2D eigenvalue weighted by molar-refractivity contribution is 7.08. The Kier molecular flexibility index (Phi) is 1.87. The lowest BCUT2D eigenvalue weighted by Gasteiger charge is -2.30. The van der Waals surface area contributed by atoms with Crippen LogP contribution in [0.1, 0.15) is 25.5 Å². The van der Waals surface area contributed by atoms with Crippen molar-refractivity contribution >= 4 is 22.9 Å². The third kappa shape index (κ3) is 1.16. The van der Waals surface area contributed by atoms with Crippen LogP contribution in [-0.4, -0.2) is 17.8 Å². The van der Waals surface area contributed by atoms with E-state index >= 15 is 0 Å². The monoisotopic (exact) mass is 198 g/mol. The van der Waals surface area contributed by atoms with Gasteiger partial charge in [-0.15, -0.1) is 11.3 Å². The van der Waals surface area contributed by atoms with Gasteiger partial charge in [-0.05, 0) is 13.8 Å². The third-order valence-electron chi connectivity index (χ3n) is 2.56. The highest BCUT2D eigenvalue weighted by Crippen LogP contribution is 2.39. The number of hydrogen-bond donors (Lipinski definition) is 0. The lowest BCUT2D eigenvalue weighted by atomic mass is 10.1. The van der Waals surface area contributed by atoms with E-state index in [0.717, 1.165) is 22.7 Å². The van der Waals surface area contributed by atoms with E-state index in [0.29, 0.717) is 5.69 Å². The SMILES string of the molecule is CC1=Nc2c(csc2F)[C@H](C)N1C. The molecule has 0 radical (unpaired) electrons. The Morgan fingerprint density at radius 3 is 3.00 bits per heavy atom. The minimum absolute atomic E-state index is 0.172. The van der Waals surface area contributed by atoms with Gasteiger partial charge in [-0.3, -0.25) is 0 Å². The van der Waals surface area contributed by atoms with Crippen LogP contribution in [0.4, 0.5) is 10.1 Å². The maximum atomic E-state index is 13.2. The number of thiophene rings is 1. The molecule has 0 amide bonds. The van der Waals surface area contributed by atoms with Crippen molar-refractivity contribution in [3.8, 4) is 0 Å². The minimum atomic E-state index is -0.172. The quantitative estimate of drug-likeness (QED) is 0.625. The normalized spacial score (nSPS) is 21.4. The van der Waals surface area contributed by atoms with Crippen LogP contribution in [0.15, 0.2) is 10.4 Å². The summed E-state index contributed by atoms with van der Waals surface area (Å²) in [5, 5.41) is 1.68. The number of hydrogen-bond acceptors (Lipinski definition) is 3. The maximum absolute atomic E-state index is 13.2. The van der Waals surface area contributed by atoms with Gasteiger partial charge in [-0.2, -0.15) is 4.39 Å². The Morgan fingerprint density at radius 2 is 2.31 bits per heavy atom. The van der Waals surface area contributed by atoms with E-state index in [-0.39, 0.29) is 11.2 Å². The van der Waals surface area contributed by atoms with Crippen LogP contribution in [0.2, 0.25) is 0 Å². The third-order valence-corrected chi connectivity index (χ3v) is 3.34. The van der Waals surface area contributed by atoms with E-state index in [1.54, 1.807) is 0 Å². The van der Waals surface area contributed by atoms with E-state index in [2.05, 4.69) is 16.8 Å². The van der Waals surface area contributed by atoms with Crippen molar-refractivity contribution in [3.63, 3.8) is 0 Å². The van der Waals surface area contributed by atoms with Gasteiger partial charge in [0.2, 0.25) is 5.13 Å². The Balaban J connectivity index is 2.58. The molecule has 2 heterocycles. The number of fused-ring (bicyclic) bond motifs is 1. The van der Waals surface area contributed by atoms with Crippen molar-refractivity contribution < 1.29 is 4.39 Å². The molecule has 1 aliphatic heterocycles. The Hall–Kier alpha value is -0.900. The first-order valence-corrected chi connectivity index (χ1v) is 5.04. The van der Waals surface area contributed by atoms with Gasteiger partial charge in [0.1, 0.15) is 11.5 Å². The van der Waals surface area contributed by atoms with Crippen LogP contribution >= 0.6 is 11.3 Å². The summed E-state index contributed by atoms with van der Waals surface area (Å²) in [7, 11) is 1.97. The highest BCUT2D eigenvalue weighted by atomic mass is 32.1. The number of halogens is 1. The molecule has 70 valence electrons. The molecular formula is C9H11FN2S. The van der Waals surface area contributed by atoms with Crippen LogP contribution < -0.4 is 0 Å². The fraction of sp³-hybridized carbons (Fsp3) is 0.444. The lowest BCUT2D eigenvalue weighted by molar-refractivity contribution is 0.393. The zero-order valence-electron chi connectivity index (χ0n) is 7.84. The molecule has 0 aliphatic carbocycles. The fourth-order valence-electron chi connectivity index (χ4n) is 1.47. The lowest BCUT2D eigenvalue weighted by Crippen LogP contribution is -2.29. The van der Waals surface area contributed by atoms with E-state index in [4.69, 9.17) is 0 Å². The van der Waals surface area contributed by atoms with Crippen LogP contribution in [0.3, 0.4) is 0 Å². The molecule has 0 aromatic carbocycles.